The normalized spacial score (nSPS) is 11.6. The SMILES string of the molecule is c1ccc(-c2cccc(-n3c4ccc(-c5cccc6ccccc56)cc4c4ccc5ccccc5c43)c2)cc1. The molecule has 0 amide bonds. The van der Waals surface area contributed by atoms with Crippen LogP contribution in [0.1, 0.15) is 0 Å². The van der Waals surface area contributed by atoms with Gasteiger partial charge in [0.05, 0.1) is 11.0 Å². The first-order chi connectivity index (χ1) is 19.3. The van der Waals surface area contributed by atoms with Crippen molar-refractivity contribution in [2.24, 2.45) is 0 Å². The Kier molecular flexibility index (Phi) is 4.89. The van der Waals surface area contributed by atoms with Crippen molar-refractivity contribution < 1.29 is 0 Å². The van der Waals surface area contributed by atoms with Crippen LogP contribution >= 0.6 is 0 Å². The van der Waals surface area contributed by atoms with E-state index in [-0.39, 0.29) is 0 Å². The Labute approximate surface area is 227 Å². The third-order valence-corrected chi connectivity index (χ3v) is 7.96. The fourth-order valence-electron chi connectivity index (χ4n) is 6.15. The molecule has 0 atom stereocenters. The average molecular weight is 496 g/mol. The number of hydrogen-bond donors (Lipinski definition) is 0. The van der Waals surface area contributed by atoms with Crippen LogP contribution in [0.25, 0.3) is 71.3 Å². The summed E-state index contributed by atoms with van der Waals surface area (Å²) < 4.78 is 2.45. The smallest absolute Gasteiger partial charge is 0.0619 e. The van der Waals surface area contributed by atoms with Gasteiger partial charge in [-0.3, -0.25) is 0 Å². The summed E-state index contributed by atoms with van der Waals surface area (Å²) in [4.78, 5) is 0. The number of aromatic nitrogens is 1. The molecule has 0 aliphatic rings. The monoisotopic (exact) mass is 495 g/mol. The van der Waals surface area contributed by atoms with Gasteiger partial charge in [-0.15, -0.1) is 0 Å². The van der Waals surface area contributed by atoms with Gasteiger partial charge in [-0.25, -0.2) is 0 Å². The van der Waals surface area contributed by atoms with E-state index < -0.39 is 0 Å². The highest BCUT2D eigenvalue weighted by Crippen LogP contribution is 2.40. The topological polar surface area (TPSA) is 4.93 Å². The van der Waals surface area contributed by atoms with E-state index in [0.717, 1.165) is 0 Å². The Balaban J connectivity index is 1.45. The number of nitrogens with zero attached hydrogens (tertiary/aromatic N) is 1. The van der Waals surface area contributed by atoms with Crippen molar-refractivity contribution in [1.29, 1.82) is 0 Å². The molecule has 1 nitrogen and oxygen atoms in total. The fourth-order valence-corrected chi connectivity index (χ4v) is 6.15. The number of fused-ring (bicyclic) bond motifs is 6. The largest absolute Gasteiger partial charge is 0.309 e. The lowest BCUT2D eigenvalue weighted by molar-refractivity contribution is 1.19. The standard InChI is InChI=1S/C38H25N/c1-2-10-26(11-3-1)29-15-8-16-31(24-29)39-37-23-21-30(33-19-9-14-27-12-4-6-17-32(27)33)25-36(37)35-22-20-28-13-5-7-18-34(28)38(35)39/h1-25H. The van der Waals surface area contributed by atoms with Crippen molar-refractivity contribution in [3.8, 4) is 27.9 Å². The summed E-state index contributed by atoms with van der Waals surface area (Å²) in [5.41, 5.74) is 8.59. The molecule has 0 aliphatic carbocycles. The van der Waals surface area contributed by atoms with Gasteiger partial charge in [0, 0.05) is 21.8 Å². The fraction of sp³-hybridized carbons (Fsp3) is 0. The molecule has 1 heterocycles. The Morgan fingerprint density at radius 2 is 1.05 bits per heavy atom. The minimum Gasteiger partial charge on any atom is -0.309 e. The highest BCUT2D eigenvalue weighted by atomic mass is 15.0. The van der Waals surface area contributed by atoms with Crippen molar-refractivity contribution in [2.75, 3.05) is 0 Å². The molecule has 0 aliphatic heterocycles. The second-order valence-corrected chi connectivity index (χ2v) is 10.2. The van der Waals surface area contributed by atoms with E-state index in [0.29, 0.717) is 0 Å². The first-order valence-corrected chi connectivity index (χ1v) is 13.5. The molecule has 0 radical (unpaired) electrons. The Morgan fingerprint density at radius 1 is 0.359 bits per heavy atom. The van der Waals surface area contributed by atoms with E-state index in [2.05, 4.69) is 156 Å². The number of rotatable bonds is 3. The molecular formula is C38H25N. The van der Waals surface area contributed by atoms with Gasteiger partial charge in [-0.1, -0.05) is 127 Å². The van der Waals surface area contributed by atoms with Crippen molar-refractivity contribution in [3.63, 3.8) is 0 Å². The molecule has 0 bridgehead atoms. The highest BCUT2D eigenvalue weighted by molar-refractivity contribution is 6.19. The number of benzene rings is 7. The van der Waals surface area contributed by atoms with E-state index >= 15 is 0 Å². The van der Waals surface area contributed by atoms with E-state index in [1.165, 1.54) is 71.3 Å². The lowest BCUT2D eigenvalue weighted by atomic mass is 9.97. The van der Waals surface area contributed by atoms with Gasteiger partial charge in [0.1, 0.15) is 0 Å². The lowest BCUT2D eigenvalue weighted by Crippen LogP contribution is -1.95. The molecule has 0 fully saturated rings. The van der Waals surface area contributed by atoms with E-state index in [4.69, 9.17) is 0 Å². The van der Waals surface area contributed by atoms with E-state index in [1.807, 2.05) is 0 Å². The minimum atomic E-state index is 1.17. The zero-order valence-corrected chi connectivity index (χ0v) is 21.4. The molecule has 8 aromatic rings. The van der Waals surface area contributed by atoms with Crippen LogP contribution in [-0.4, -0.2) is 4.57 Å². The Morgan fingerprint density at radius 3 is 1.92 bits per heavy atom. The van der Waals surface area contributed by atoms with Crippen LogP contribution in [0, 0.1) is 0 Å². The van der Waals surface area contributed by atoms with Gasteiger partial charge in [0.25, 0.3) is 0 Å². The molecule has 1 aromatic heterocycles. The van der Waals surface area contributed by atoms with E-state index in [1.54, 1.807) is 0 Å². The molecule has 182 valence electrons. The molecule has 39 heavy (non-hydrogen) atoms. The first kappa shape index (κ1) is 21.9. The maximum absolute atomic E-state index is 2.45. The summed E-state index contributed by atoms with van der Waals surface area (Å²) in [6.45, 7) is 0. The maximum atomic E-state index is 2.45. The Bertz CT molecular complexity index is 2160. The molecule has 8 rings (SSSR count). The first-order valence-electron chi connectivity index (χ1n) is 13.5. The Hall–Kier alpha value is -5.14. The average Bonchev–Trinajstić information content (AvgIpc) is 3.35. The summed E-state index contributed by atoms with van der Waals surface area (Å²) in [7, 11) is 0. The molecule has 0 saturated carbocycles. The molecule has 0 saturated heterocycles. The molecule has 0 unspecified atom stereocenters. The van der Waals surface area contributed by atoms with Crippen molar-refractivity contribution in [3.05, 3.63) is 152 Å². The quantitative estimate of drug-likeness (QED) is 0.230. The molecule has 7 aromatic carbocycles. The van der Waals surface area contributed by atoms with E-state index in [9.17, 15) is 0 Å². The van der Waals surface area contributed by atoms with Gasteiger partial charge in [-0.05, 0) is 62.7 Å². The van der Waals surface area contributed by atoms with Crippen LogP contribution in [0.15, 0.2) is 152 Å². The summed E-state index contributed by atoms with van der Waals surface area (Å²) in [6.07, 6.45) is 0. The van der Waals surface area contributed by atoms with Crippen LogP contribution in [0.4, 0.5) is 0 Å². The summed E-state index contributed by atoms with van der Waals surface area (Å²) in [6, 6.07) is 55.0. The highest BCUT2D eigenvalue weighted by Gasteiger charge is 2.17. The molecule has 1 heteroatoms. The minimum absolute atomic E-state index is 1.17. The third-order valence-electron chi connectivity index (χ3n) is 7.96. The maximum Gasteiger partial charge on any atom is 0.0619 e. The lowest BCUT2D eigenvalue weighted by Gasteiger charge is -2.12. The predicted octanol–water partition coefficient (Wildman–Crippen LogP) is 10.4. The van der Waals surface area contributed by atoms with Gasteiger partial charge in [0.15, 0.2) is 0 Å². The molecular weight excluding hydrogens is 470 g/mol. The second-order valence-electron chi connectivity index (χ2n) is 10.2. The van der Waals surface area contributed by atoms with Crippen molar-refractivity contribution >= 4 is 43.4 Å². The number of hydrogen-bond acceptors (Lipinski definition) is 0. The van der Waals surface area contributed by atoms with Gasteiger partial charge >= 0.3 is 0 Å². The van der Waals surface area contributed by atoms with Crippen LogP contribution in [0.3, 0.4) is 0 Å². The van der Waals surface area contributed by atoms with Crippen LogP contribution in [0.5, 0.6) is 0 Å². The van der Waals surface area contributed by atoms with Crippen molar-refractivity contribution in [2.45, 2.75) is 0 Å². The zero-order chi connectivity index (χ0) is 25.8. The van der Waals surface area contributed by atoms with Gasteiger partial charge in [0.2, 0.25) is 0 Å². The van der Waals surface area contributed by atoms with Crippen molar-refractivity contribution in [1.82, 2.24) is 4.57 Å². The summed E-state index contributed by atoms with van der Waals surface area (Å²) in [5.74, 6) is 0. The molecule has 0 N–H and O–H groups in total. The summed E-state index contributed by atoms with van der Waals surface area (Å²) in [5, 5.41) is 7.61. The van der Waals surface area contributed by atoms with Gasteiger partial charge in [-0.2, -0.15) is 0 Å². The van der Waals surface area contributed by atoms with Crippen LogP contribution in [-0.2, 0) is 0 Å². The zero-order valence-electron chi connectivity index (χ0n) is 21.4. The van der Waals surface area contributed by atoms with Crippen LogP contribution < -0.4 is 0 Å². The van der Waals surface area contributed by atoms with Gasteiger partial charge < -0.3 is 4.57 Å². The predicted molar refractivity (Wildman–Crippen MR) is 167 cm³/mol. The molecule has 0 spiro atoms. The van der Waals surface area contributed by atoms with Crippen LogP contribution in [0.2, 0.25) is 0 Å². The second kappa shape index (κ2) is 8.72. The third kappa shape index (κ3) is 3.48. The summed E-state index contributed by atoms with van der Waals surface area (Å²) >= 11 is 0.